The van der Waals surface area contributed by atoms with Crippen LogP contribution in [0.2, 0.25) is 0 Å². The van der Waals surface area contributed by atoms with Crippen LogP contribution >= 0.6 is 0 Å². The average Bonchev–Trinajstić information content (AvgIpc) is 3.31. The zero-order chi connectivity index (χ0) is 14.5. The molecule has 0 bridgehead atoms. The zero-order valence-electron chi connectivity index (χ0n) is 12.6. The first-order valence-corrected chi connectivity index (χ1v) is 7.31. The Bertz CT molecular complexity index is 436. The van der Waals surface area contributed by atoms with E-state index < -0.39 is 0 Å². The lowest BCUT2D eigenvalue weighted by Gasteiger charge is -2.17. The summed E-state index contributed by atoms with van der Waals surface area (Å²) in [5.74, 6) is 0.801. The first-order chi connectivity index (χ1) is 9.65. The Morgan fingerprint density at radius 3 is 2.55 bits per heavy atom. The van der Waals surface area contributed by atoms with Gasteiger partial charge in [-0.3, -0.25) is 4.79 Å². The molecule has 1 atom stereocenters. The van der Waals surface area contributed by atoms with E-state index in [0.29, 0.717) is 12.1 Å². The number of likely N-dealkylation sites (N-methyl/N-ethyl adjacent to an activating group) is 1. The number of amides is 1. The second kappa shape index (κ2) is 6.75. The Labute approximate surface area is 121 Å². The van der Waals surface area contributed by atoms with Gasteiger partial charge in [-0.05, 0) is 44.0 Å². The van der Waals surface area contributed by atoms with E-state index in [1.807, 2.05) is 26.2 Å². The molecule has 20 heavy (non-hydrogen) atoms. The van der Waals surface area contributed by atoms with Crippen LogP contribution in [0, 0.1) is 0 Å². The third-order valence-corrected chi connectivity index (χ3v) is 3.89. The fourth-order valence-corrected chi connectivity index (χ4v) is 2.32. The van der Waals surface area contributed by atoms with E-state index in [-0.39, 0.29) is 12.5 Å². The summed E-state index contributed by atoms with van der Waals surface area (Å²) in [6, 6.07) is 8.77. The molecular formula is C16H24N2O2. The summed E-state index contributed by atoms with van der Waals surface area (Å²) >= 11 is 0. The molecule has 0 saturated heterocycles. The van der Waals surface area contributed by atoms with Crippen molar-refractivity contribution in [2.45, 2.75) is 38.3 Å². The van der Waals surface area contributed by atoms with Crippen LogP contribution in [0.4, 0.5) is 0 Å². The molecule has 2 rings (SSSR count). The van der Waals surface area contributed by atoms with Crippen LogP contribution in [-0.4, -0.2) is 37.6 Å². The normalized spacial score (nSPS) is 15.8. The highest BCUT2D eigenvalue weighted by Gasteiger charge is 2.29. The standard InChI is InChI=1S/C16H24N2O2/c1-4-15(17-2)12-5-9-14(10-6-12)20-11-16(19)18(3)13-7-8-13/h5-6,9-10,13,15,17H,4,7-8,11H2,1-3H3. The number of hydrogen-bond donors (Lipinski definition) is 1. The van der Waals surface area contributed by atoms with E-state index >= 15 is 0 Å². The number of carbonyl (C=O) groups is 1. The summed E-state index contributed by atoms with van der Waals surface area (Å²) in [5, 5.41) is 3.27. The van der Waals surface area contributed by atoms with Crippen molar-refractivity contribution in [3.63, 3.8) is 0 Å². The predicted octanol–water partition coefficient (Wildman–Crippen LogP) is 2.36. The summed E-state index contributed by atoms with van der Waals surface area (Å²) < 4.78 is 5.56. The maximum Gasteiger partial charge on any atom is 0.260 e. The zero-order valence-corrected chi connectivity index (χ0v) is 12.6. The minimum atomic E-state index is 0.0539. The van der Waals surface area contributed by atoms with Crippen LogP contribution < -0.4 is 10.1 Å². The highest BCUT2D eigenvalue weighted by Crippen LogP contribution is 2.25. The van der Waals surface area contributed by atoms with E-state index in [1.54, 1.807) is 4.90 Å². The van der Waals surface area contributed by atoms with Gasteiger partial charge in [0.15, 0.2) is 6.61 Å². The van der Waals surface area contributed by atoms with Gasteiger partial charge < -0.3 is 15.0 Å². The molecule has 0 radical (unpaired) electrons. The Balaban J connectivity index is 1.85. The monoisotopic (exact) mass is 276 g/mol. The minimum absolute atomic E-state index is 0.0539. The molecule has 0 aromatic heterocycles. The predicted molar refractivity (Wildman–Crippen MR) is 79.8 cm³/mol. The molecule has 4 nitrogen and oxygen atoms in total. The maximum absolute atomic E-state index is 11.9. The first kappa shape index (κ1) is 14.9. The largest absolute Gasteiger partial charge is 0.484 e. The van der Waals surface area contributed by atoms with Gasteiger partial charge in [0.05, 0.1) is 0 Å². The van der Waals surface area contributed by atoms with Crippen molar-refractivity contribution >= 4 is 5.91 Å². The van der Waals surface area contributed by atoms with Crippen LogP contribution in [0.3, 0.4) is 0 Å². The average molecular weight is 276 g/mol. The molecule has 1 aliphatic carbocycles. The first-order valence-electron chi connectivity index (χ1n) is 7.31. The Hall–Kier alpha value is -1.55. The molecule has 1 N–H and O–H groups in total. The van der Waals surface area contributed by atoms with Gasteiger partial charge in [-0.15, -0.1) is 0 Å². The van der Waals surface area contributed by atoms with Crippen molar-refractivity contribution in [2.75, 3.05) is 20.7 Å². The lowest BCUT2D eigenvalue weighted by Crippen LogP contribution is -2.33. The van der Waals surface area contributed by atoms with E-state index in [2.05, 4.69) is 24.4 Å². The molecule has 1 fully saturated rings. The number of rotatable bonds is 7. The van der Waals surface area contributed by atoms with Gasteiger partial charge in [-0.25, -0.2) is 0 Å². The van der Waals surface area contributed by atoms with E-state index in [0.717, 1.165) is 25.0 Å². The third-order valence-electron chi connectivity index (χ3n) is 3.89. The van der Waals surface area contributed by atoms with Gasteiger partial charge in [0.1, 0.15) is 5.75 Å². The van der Waals surface area contributed by atoms with Gasteiger partial charge in [0.2, 0.25) is 0 Å². The van der Waals surface area contributed by atoms with Gasteiger partial charge in [-0.1, -0.05) is 19.1 Å². The van der Waals surface area contributed by atoms with Gasteiger partial charge >= 0.3 is 0 Å². The number of benzene rings is 1. The topological polar surface area (TPSA) is 41.6 Å². The highest BCUT2D eigenvalue weighted by molar-refractivity contribution is 5.78. The molecule has 0 heterocycles. The van der Waals surface area contributed by atoms with Gasteiger partial charge in [0, 0.05) is 19.1 Å². The molecule has 0 aliphatic heterocycles. The SMILES string of the molecule is CCC(NC)c1ccc(OCC(=O)N(C)C2CC2)cc1. The molecule has 0 spiro atoms. The third kappa shape index (κ3) is 3.73. The second-order valence-electron chi connectivity index (χ2n) is 5.34. The van der Waals surface area contributed by atoms with Crippen molar-refractivity contribution in [3.8, 4) is 5.75 Å². The number of ether oxygens (including phenoxy) is 1. The smallest absolute Gasteiger partial charge is 0.260 e. The fourth-order valence-electron chi connectivity index (χ4n) is 2.32. The summed E-state index contributed by atoms with van der Waals surface area (Å²) in [5.41, 5.74) is 1.24. The van der Waals surface area contributed by atoms with E-state index in [9.17, 15) is 4.79 Å². The number of carbonyl (C=O) groups excluding carboxylic acids is 1. The van der Waals surface area contributed by atoms with Crippen molar-refractivity contribution in [1.82, 2.24) is 10.2 Å². The summed E-state index contributed by atoms with van der Waals surface area (Å²) in [7, 11) is 3.82. The van der Waals surface area contributed by atoms with Crippen LogP contribution in [0.25, 0.3) is 0 Å². The van der Waals surface area contributed by atoms with Crippen molar-refractivity contribution in [3.05, 3.63) is 29.8 Å². The molecular weight excluding hydrogens is 252 g/mol. The van der Waals surface area contributed by atoms with E-state index in [1.165, 1.54) is 5.56 Å². The van der Waals surface area contributed by atoms with Crippen molar-refractivity contribution in [2.24, 2.45) is 0 Å². The highest BCUT2D eigenvalue weighted by atomic mass is 16.5. The summed E-state index contributed by atoms with van der Waals surface area (Å²) in [6.45, 7) is 2.27. The summed E-state index contributed by atoms with van der Waals surface area (Å²) in [6.07, 6.45) is 3.29. The molecule has 1 aliphatic rings. The van der Waals surface area contributed by atoms with Crippen LogP contribution in [0.1, 0.15) is 37.8 Å². The van der Waals surface area contributed by atoms with Crippen molar-refractivity contribution in [1.29, 1.82) is 0 Å². The van der Waals surface area contributed by atoms with Crippen LogP contribution in [-0.2, 0) is 4.79 Å². The molecule has 4 heteroatoms. The maximum atomic E-state index is 11.9. The molecule has 1 aromatic rings. The number of hydrogen-bond acceptors (Lipinski definition) is 3. The van der Waals surface area contributed by atoms with Gasteiger partial charge in [0.25, 0.3) is 5.91 Å². The quantitative estimate of drug-likeness (QED) is 0.831. The Morgan fingerprint density at radius 1 is 1.40 bits per heavy atom. The lowest BCUT2D eigenvalue weighted by atomic mass is 10.1. The van der Waals surface area contributed by atoms with Crippen LogP contribution in [0.5, 0.6) is 5.75 Å². The fraction of sp³-hybridized carbons (Fsp3) is 0.562. The molecule has 1 amide bonds. The number of nitrogens with zero attached hydrogens (tertiary/aromatic N) is 1. The molecule has 1 aromatic carbocycles. The minimum Gasteiger partial charge on any atom is -0.484 e. The second-order valence-corrected chi connectivity index (χ2v) is 5.34. The molecule has 1 saturated carbocycles. The lowest BCUT2D eigenvalue weighted by molar-refractivity contribution is -0.132. The van der Waals surface area contributed by atoms with E-state index in [4.69, 9.17) is 4.74 Å². The van der Waals surface area contributed by atoms with Crippen LogP contribution in [0.15, 0.2) is 24.3 Å². The van der Waals surface area contributed by atoms with Crippen molar-refractivity contribution < 1.29 is 9.53 Å². The molecule has 1 unspecified atom stereocenters. The van der Waals surface area contributed by atoms with Gasteiger partial charge in [-0.2, -0.15) is 0 Å². The molecule has 110 valence electrons. The Morgan fingerprint density at radius 2 is 2.05 bits per heavy atom. The summed E-state index contributed by atoms with van der Waals surface area (Å²) in [4.78, 5) is 13.7. The number of nitrogens with one attached hydrogen (secondary N) is 1. The Kier molecular flexibility index (Phi) is 5.01.